The Bertz CT molecular complexity index is 124. The summed E-state index contributed by atoms with van der Waals surface area (Å²) in [5.41, 5.74) is 0. The van der Waals surface area contributed by atoms with Crippen LogP contribution in [0.2, 0.25) is 32.7 Å². The maximum Gasteiger partial charge on any atom is 0.0668 e. The summed E-state index contributed by atoms with van der Waals surface area (Å²) in [5.74, 6) is 0. The first-order valence-corrected chi connectivity index (χ1v) is 9.50. The Hall–Kier alpha value is 0.304. The van der Waals surface area contributed by atoms with Crippen LogP contribution in [0.4, 0.5) is 0 Å². The molecule has 0 aliphatic heterocycles. The molecular formula is C7H18Si2. The largest absolute Gasteiger partial charge is 0.103 e. The van der Waals surface area contributed by atoms with Gasteiger partial charge in [-0.15, -0.1) is 4.79 Å². The zero-order chi connectivity index (χ0) is 7.65. The molecule has 0 amide bonds. The predicted octanol–water partition coefficient (Wildman–Crippen LogP) is 2.39. The normalized spacial score (nSPS) is 11.3. The predicted molar refractivity (Wildman–Crippen MR) is 51.5 cm³/mol. The highest BCUT2D eigenvalue weighted by atomic mass is 28.3. The monoisotopic (exact) mass is 158 g/mol. The van der Waals surface area contributed by atoms with Crippen molar-refractivity contribution in [2.75, 3.05) is 0 Å². The summed E-state index contributed by atoms with van der Waals surface area (Å²) in [4.78, 5) is 1.83. The van der Waals surface area contributed by atoms with E-state index in [1.165, 1.54) is 0 Å². The van der Waals surface area contributed by atoms with Crippen LogP contribution in [0.3, 0.4) is 0 Å². The van der Waals surface area contributed by atoms with Crippen LogP contribution in [0.15, 0.2) is 0 Å². The molecule has 0 aliphatic carbocycles. The van der Waals surface area contributed by atoms with Crippen molar-refractivity contribution < 1.29 is 0 Å². The molecule has 0 aromatic heterocycles. The summed E-state index contributed by atoms with van der Waals surface area (Å²) in [6.07, 6.45) is 0. The summed E-state index contributed by atoms with van der Waals surface area (Å²) in [5, 5.41) is 0. The van der Waals surface area contributed by atoms with Gasteiger partial charge in [-0.3, -0.25) is 0 Å². The maximum atomic E-state index is 2.43. The third-order valence-corrected chi connectivity index (χ3v) is 9.38. The highest BCUT2D eigenvalue weighted by Crippen LogP contribution is 2.02. The molecule has 0 aromatic rings. The summed E-state index contributed by atoms with van der Waals surface area (Å²) >= 11 is 0. The maximum absolute atomic E-state index is 2.43. The first-order chi connectivity index (χ1) is 3.85. The second-order valence-corrected chi connectivity index (χ2v) is 12.4. The van der Waals surface area contributed by atoms with Gasteiger partial charge < -0.3 is 0 Å². The van der Waals surface area contributed by atoms with Gasteiger partial charge in [0.15, 0.2) is 0 Å². The topological polar surface area (TPSA) is 0 Å². The van der Waals surface area contributed by atoms with E-state index in [4.69, 9.17) is 0 Å². The van der Waals surface area contributed by atoms with Crippen molar-refractivity contribution in [3.05, 3.63) is 0 Å². The Morgan fingerprint density at radius 1 is 1.11 bits per heavy atom. The van der Waals surface area contributed by atoms with E-state index < -0.39 is 8.07 Å². The van der Waals surface area contributed by atoms with Crippen molar-refractivity contribution in [1.82, 2.24) is 0 Å². The lowest BCUT2D eigenvalue weighted by molar-refractivity contribution is 1.79. The lowest BCUT2D eigenvalue weighted by Gasteiger charge is -2.18. The fraction of sp³-hybridized carbons (Fsp3) is 0.857. The van der Waals surface area contributed by atoms with Gasteiger partial charge in [0.25, 0.3) is 0 Å². The van der Waals surface area contributed by atoms with E-state index in [0.29, 0.717) is 0 Å². The zero-order valence-corrected chi connectivity index (χ0v) is 9.50. The molecule has 0 unspecified atom stereocenters. The molecule has 0 rings (SSSR count). The van der Waals surface area contributed by atoms with Crippen LogP contribution >= 0.6 is 0 Å². The molecule has 0 saturated heterocycles. The van der Waals surface area contributed by atoms with Crippen molar-refractivity contribution >= 4 is 21.3 Å². The van der Waals surface area contributed by atoms with Crippen LogP contribution in [0.5, 0.6) is 0 Å². The highest BCUT2D eigenvalue weighted by molar-refractivity contribution is 7.15. The fourth-order valence-electron chi connectivity index (χ4n) is 0.750. The van der Waals surface area contributed by atoms with Crippen molar-refractivity contribution in [1.29, 1.82) is 0 Å². The first-order valence-electron chi connectivity index (χ1n) is 3.50. The molecule has 0 heterocycles. The van der Waals surface area contributed by atoms with Crippen LogP contribution in [0.1, 0.15) is 6.92 Å². The standard InChI is InChI=1S/C7H18Si2/c1-7(8(2)3)9(4,5)6/h1-6H3. The molecule has 9 heavy (non-hydrogen) atoms. The second-order valence-electron chi connectivity index (χ2n) is 3.88. The van der Waals surface area contributed by atoms with Crippen molar-refractivity contribution in [3.8, 4) is 0 Å². The fourth-order valence-corrected chi connectivity index (χ4v) is 6.75. The van der Waals surface area contributed by atoms with E-state index in [2.05, 4.69) is 39.7 Å². The molecule has 0 fully saturated rings. The summed E-state index contributed by atoms with van der Waals surface area (Å²) < 4.78 is 0. The molecule has 0 atom stereocenters. The molecule has 0 bridgehead atoms. The average Bonchev–Trinajstić information content (AvgIpc) is 1.62. The molecule has 0 spiro atoms. The number of hydrogen-bond donors (Lipinski definition) is 0. The van der Waals surface area contributed by atoms with E-state index in [-0.39, 0.29) is 8.41 Å². The van der Waals surface area contributed by atoms with Gasteiger partial charge in [-0.2, -0.15) is 0 Å². The third kappa shape index (κ3) is 3.11. The average molecular weight is 158 g/mol. The van der Waals surface area contributed by atoms with Gasteiger partial charge >= 0.3 is 0 Å². The molecule has 0 aromatic carbocycles. The van der Waals surface area contributed by atoms with Crippen LogP contribution in [-0.4, -0.2) is 21.3 Å². The molecule has 0 radical (unpaired) electrons. The summed E-state index contributed by atoms with van der Waals surface area (Å²) in [7, 11) is -0.953. The van der Waals surface area contributed by atoms with Gasteiger partial charge in [0.2, 0.25) is 0 Å². The van der Waals surface area contributed by atoms with Gasteiger partial charge in [-0.1, -0.05) is 39.7 Å². The molecule has 0 saturated carbocycles. The number of rotatable bonds is 1. The molecule has 2 heteroatoms. The van der Waals surface area contributed by atoms with Crippen LogP contribution in [0, 0.1) is 0 Å². The number of hydrogen-bond acceptors (Lipinski definition) is 0. The minimum absolute atomic E-state index is 0.0913. The van der Waals surface area contributed by atoms with E-state index in [0.717, 1.165) is 0 Å². The van der Waals surface area contributed by atoms with Gasteiger partial charge in [0.1, 0.15) is 0 Å². The van der Waals surface area contributed by atoms with Gasteiger partial charge in [-0.25, -0.2) is 0 Å². The minimum Gasteiger partial charge on any atom is -0.103 e. The molecule has 54 valence electrons. The smallest absolute Gasteiger partial charge is 0.0668 e. The third-order valence-electron chi connectivity index (χ3n) is 1.88. The Morgan fingerprint density at radius 2 is 1.44 bits per heavy atom. The molecule has 0 aliphatic rings. The van der Waals surface area contributed by atoms with E-state index in [1.54, 1.807) is 0 Å². The van der Waals surface area contributed by atoms with Crippen molar-refractivity contribution in [3.63, 3.8) is 0 Å². The highest BCUT2D eigenvalue weighted by Gasteiger charge is 2.15. The van der Waals surface area contributed by atoms with Crippen LogP contribution < -0.4 is 0 Å². The SMILES string of the molecule is CC(=[Si](C)C)[Si](C)(C)C. The van der Waals surface area contributed by atoms with Crippen LogP contribution in [0.25, 0.3) is 0 Å². The second kappa shape index (κ2) is 2.93. The first kappa shape index (κ1) is 9.30. The molecule has 0 nitrogen and oxygen atoms in total. The quantitative estimate of drug-likeness (QED) is 0.514. The van der Waals surface area contributed by atoms with Crippen LogP contribution in [-0.2, 0) is 0 Å². The Morgan fingerprint density at radius 3 is 1.44 bits per heavy atom. The lowest BCUT2D eigenvalue weighted by atomic mass is 11.0. The zero-order valence-electron chi connectivity index (χ0n) is 7.50. The Kier molecular flexibility index (Phi) is 3.02. The van der Waals surface area contributed by atoms with Gasteiger partial charge in [-0.05, 0) is 8.41 Å². The van der Waals surface area contributed by atoms with E-state index in [1.807, 2.05) is 4.79 Å². The minimum atomic E-state index is -0.862. The summed E-state index contributed by atoms with van der Waals surface area (Å²) in [6, 6.07) is 0. The Balaban J connectivity index is 4.40. The van der Waals surface area contributed by atoms with Gasteiger partial charge in [0.05, 0.1) is 8.07 Å². The van der Waals surface area contributed by atoms with E-state index in [9.17, 15) is 0 Å². The van der Waals surface area contributed by atoms with Crippen molar-refractivity contribution in [2.45, 2.75) is 39.7 Å². The van der Waals surface area contributed by atoms with E-state index >= 15 is 0 Å². The summed E-state index contributed by atoms with van der Waals surface area (Å²) in [6.45, 7) is 14.4. The molecular weight excluding hydrogens is 140 g/mol. The lowest BCUT2D eigenvalue weighted by Crippen LogP contribution is -2.35. The Labute approximate surface area is 61.5 Å². The molecule has 0 N–H and O–H groups in total. The van der Waals surface area contributed by atoms with Gasteiger partial charge in [0, 0.05) is 0 Å². The van der Waals surface area contributed by atoms with Crippen molar-refractivity contribution in [2.24, 2.45) is 0 Å².